The molecule has 5 heteroatoms. The van der Waals surface area contributed by atoms with Crippen LogP contribution in [-0.2, 0) is 4.79 Å². The summed E-state index contributed by atoms with van der Waals surface area (Å²) in [6.45, 7) is 5.04. The summed E-state index contributed by atoms with van der Waals surface area (Å²) in [6, 6.07) is 3.63. The number of hydrogen-bond donors (Lipinski definition) is 2. The molecule has 0 radical (unpaired) electrons. The van der Waals surface area contributed by atoms with Crippen molar-refractivity contribution in [2.45, 2.75) is 33.1 Å². The summed E-state index contributed by atoms with van der Waals surface area (Å²) in [4.78, 5) is 15.9. The van der Waals surface area contributed by atoms with Gasteiger partial charge in [-0.1, -0.05) is 13.8 Å². The Balaban J connectivity index is 2.40. The molecule has 19 heavy (non-hydrogen) atoms. The molecule has 0 spiro atoms. The standard InChI is InChI=1S/C14H22BrN3O/c1-10(2)11(7-8-16)3-6-14(19)18-12-4-5-13(15)17-9-12/h4-5,9-11H,3,6-8,16H2,1-2H3,(H,18,19). The second-order valence-electron chi connectivity index (χ2n) is 5.04. The minimum atomic E-state index is 0.0341. The summed E-state index contributed by atoms with van der Waals surface area (Å²) < 4.78 is 0.758. The van der Waals surface area contributed by atoms with Crippen molar-refractivity contribution >= 4 is 27.5 Å². The predicted molar refractivity (Wildman–Crippen MR) is 81.8 cm³/mol. The number of aromatic nitrogens is 1. The van der Waals surface area contributed by atoms with Crippen LogP contribution in [0, 0.1) is 11.8 Å². The number of nitrogens with zero attached hydrogens (tertiary/aromatic N) is 1. The molecule has 1 amide bonds. The molecule has 1 rings (SSSR count). The lowest BCUT2D eigenvalue weighted by molar-refractivity contribution is -0.116. The van der Waals surface area contributed by atoms with Crippen LogP contribution in [0.5, 0.6) is 0 Å². The second-order valence-corrected chi connectivity index (χ2v) is 5.85. The first-order chi connectivity index (χ1) is 9.02. The van der Waals surface area contributed by atoms with Gasteiger partial charge in [0.15, 0.2) is 0 Å². The number of pyridine rings is 1. The fraction of sp³-hybridized carbons (Fsp3) is 0.571. The van der Waals surface area contributed by atoms with E-state index in [0.29, 0.717) is 24.8 Å². The smallest absolute Gasteiger partial charge is 0.224 e. The maximum atomic E-state index is 11.8. The molecule has 4 nitrogen and oxygen atoms in total. The van der Waals surface area contributed by atoms with Crippen molar-refractivity contribution in [3.05, 3.63) is 22.9 Å². The Labute approximate surface area is 123 Å². The molecule has 0 aromatic carbocycles. The molecule has 1 atom stereocenters. The maximum absolute atomic E-state index is 11.8. The third-order valence-electron chi connectivity index (χ3n) is 3.23. The van der Waals surface area contributed by atoms with Gasteiger partial charge in [-0.3, -0.25) is 4.79 Å². The van der Waals surface area contributed by atoms with Crippen LogP contribution in [0.2, 0.25) is 0 Å². The van der Waals surface area contributed by atoms with Crippen molar-refractivity contribution in [1.82, 2.24) is 4.98 Å². The zero-order valence-electron chi connectivity index (χ0n) is 11.5. The van der Waals surface area contributed by atoms with Crippen LogP contribution in [0.3, 0.4) is 0 Å². The van der Waals surface area contributed by atoms with Crippen LogP contribution in [-0.4, -0.2) is 17.4 Å². The average Bonchev–Trinajstić information content (AvgIpc) is 2.37. The number of carbonyl (C=O) groups excluding carboxylic acids is 1. The first-order valence-electron chi connectivity index (χ1n) is 6.64. The van der Waals surface area contributed by atoms with Crippen molar-refractivity contribution in [1.29, 1.82) is 0 Å². The molecule has 3 N–H and O–H groups in total. The van der Waals surface area contributed by atoms with E-state index in [1.165, 1.54) is 0 Å². The number of anilines is 1. The quantitative estimate of drug-likeness (QED) is 0.756. The number of carbonyl (C=O) groups is 1. The maximum Gasteiger partial charge on any atom is 0.224 e. The molecule has 106 valence electrons. The molecule has 0 saturated heterocycles. The van der Waals surface area contributed by atoms with E-state index in [0.717, 1.165) is 23.1 Å². The van der Waals surface area contributed by atoms with Crippen molar-refractivity contribution in [3.63, 3.8) is 0 Å². The fourth-order valence-electron chi connectivity index (χ4n) is 2.01. The van der Waals surface area contributed by atoms with E-state index in [4.69, 9.17) is 5.73 Å². The van der Waals surface area contributed by atoms with Gasteiger partial charge in [-0.2, -0.15) is 0 Å². The number of nitrogens with one attached hydrogen (secondary N) is 1. The summed E-state index contributed by atoms with van der Waals surface area (Å²) in [5.74, 6) is 1.11. The van der Waals surface area contributed by atoms with E-state index in [9.17, 15) is 4.79 Å². The molecule has 1 heterocycles. The first-order valence-corrected chi connectivity index (χ1v) is 7.43. The van der Waals surface area contributed by atoms with Gasteiger partial charge < -0.3 is 11.1 Å². The van der Waals surface area contributed by atoms with Gasteiger partial charge in [-0.05, 0) is 59.3 Å². The number of nitrogens with two attached hydrogens (primary N) is 1. The molecule has 0 fully saturated rings. The molecule has 0 aliphatic rings. The van der Waals surface area contributed by atoms with Crippen molar-refractivity contribution in [2.24, 2.45) is 17.6 Å². The van der Waals surface area contributed by atoms with E-state index in [1.807, 2.05) is 6.07 Å². The van der Waals surface area contributed by atoms with Gasteiger partial charge in [0.25, 0.3) is 0 Å². The molecule has 1 aromatic rings. The molecule has 0 aliphatic heterocycles. The van der Waals surface area contributed by atoms with Gasteiger partial charge in [0.2, 0.25) is 5.91 Å². The number of hydrogen-bond acceptors (Lipinski definition) is 3. The summed E-state index contributed by atoms with van der Waals surface area (Å²) in [7, 11) is 0. The Morgan fingerprint density at radius 2 is 2.16 bits per heavy atom. The SMILES string of the molecule is CC(C)C(CCN)CCC(=O)Nc1ccc(Br)nc1. The van der Waals surface area contributed by atoms with Crippen molar-refractivity contribution in [2.75, 3.05) is 11.9 Å². The van der Waals surface area contributed by atoms with Crippen LogP contribution in [0.25, 0.3) is 0 Å². The largest absolute Gasteiger partial charge is 0.330 e. The Hall–Kier alpha value is -0.940. The highest BCUT2D eigenvalue weighted by Crippen LogP contribution is 2.20. The highest BCUT2D eigenvalue weighted by Gasteiger charge is 2.14. The van der Waals surface area contributed by atoms with Crippen LogP contribution in [0.15, 0.2) is 22.9 Å². The first kappa shape index (κ1) is 16.1. The van der Waals surface area contributed by atoms with Crippen molar-refractivity contribution in [3.8, 4) is 0 Å². The summed E-state index contributed by atoms with van der Waals surface area (Å²) in [5.41, 5.74) is 6.33. The average molecular weight is 328 g/mol. The lowest BCUT2D eigenvalue weighted by Gasteiger charge is -2.19. The van der Waals surface area contributed by atoms with Gasteiger partial charge in [0, 0.05) is 6.42 Å². The van der Waals surface area contributed by atoms with Crippen molar-refractivity contribution < 1.29 is 4.79 Å². The zero-order valence-corrected chi connectivity index (χ0v) is 13.1. The minimum Gasteiger partial charge on any atom is -0.330 e. The number of halogens is 1. The van der Waals surface area contributed by atoms with E-state index in [2.05, 4.69) is 40.1 Å². The van der Waals surface area contributed by atoms with Crippen LogP contribution >= 0.6 is 15.9 Å². The molecule has 0 aliphatic carbocycles. The third-order valence-corrected chi connectivity index (χ3v) is 3.70. The lowest BCUT2D eigenvalue weighted by atomic mass is 9.88. The number of amides is 1. The second kappa shape index (κ2) is 8.27. The molecular formula is C14H22BrN3O. The summed E-state index contributed by atoms with van der Waals surface area (Å²) in [5, 5.41) is 2.85. The molecule has 1 unspecified atom stereocenters. The zero-order chi connectivity index (χ0) is 14.3. The topological polar surface area (TPSA) is 68.0 Å². The molecule has 1 aromatic heterocycles. The van der Waals surface area contributed by atoms with Crippen LogP contribution < -0.4 is 11.1 Å². The van der Waals surface area contributed by atoms with Gasteiger partial charge in [0.05, 0.1) is 11.9 Å². The van der Waals surface area contributed by atoms with E-state index < -0.39 is 0 Å². The fourth-order valence-corrected chi connectivity index (χ4v) is 2.25. The lowest BCUT2D eigenvalue weighted by Crippen LogP contribution is -2.18. The van der Waals surface area contributed by atoms with Gasteiger partial charge in [-0.25, -0.2) is 4.98 Å². The molecular weight excluding hydrogens is 306 g/mol. The van der Waals surface area contributed by atoms with E-state index in [-0.39, 0.29) is 5.91 Å². The van der Waals surface area contributed by atoms with E-state index >= 15 is 0 Å². The Bertz CT molecular complexity index is 392. The molecule has 0 saturated carbocycles. The Kier molecular flexibility index (Phi) is 7.02. The van der Waals surface area contributed by atoms with Gasteiger partial charge in [0.1, 0.15) is 4.60 Å². The van der Waals surface area contributed by atoms with Gasteiger partial charge >= 0.3 is 0 Å². The highest BCUT2D eigenvalue weighted by molar-refractivity contribution is 9.10. The number of rotatable bonds is 7. The van der Waals surface area contributed by atoms with Gasteiger partial charge in [-0.15, -0.1) is 0 Å². The summed E-state index contributed by atoms with van der Waals surface area (Å²) >= 11 is 3.26. The Morgan fingerprint density at radius 3 is 2.68 bits per heavy atom. The Morgan fingerprint density at radius 1 is 1.42 bits per heavy atom. The van der Waals surface area contributed by atoms with Crippen LogP contribution in [0.4, 0.5) is 5.69 Å². The predicted octanol–water partition coefficient (Wildman–Crippen LogP) is 3.18. The minimum absolute atomic E-state index is 0.0341. The monoisotopic (exact) mass is 327 g/mol. The highest BCUT2D eigenvalue weighted by atomic mass is 79.9. The van der Waals surface area contributed by atoms with Crippen LogP contribution in [0.1, 0.15) is 33.1 Å². The third kappa shape index (κ3) is 6.16. The molecule has 0 bridgehead atoms. The summed E-state index contributed by atoms with van der Waals surface area (Å²) in [6.07, 6.45) is 4.02. The van der Waals surface area contributed by atoms with E-state index in [1.54, 1.807) is 12.3 Å². The normalized spacial score (nSPS) is 12.5.